The van der Waals surface area contributed by atoms with Gasteiger partial charge in [0.2, 0.25) is 0 Å². The van der Waals surface area contributed by atoms with Gasteiger partial charge in [-0.05, 0) is 23.3 Å². The summed E-state index contributed by atoms with van der Waals surface area (Å²) in [5.74, 6) is -0.0181. The summed E-state index contributed by atoms with van der Waals surface area (Å²) in [4.78, 5) is 0. The average Bonchev–Trinajstić information content (AvgIpc) is 2.54. The summed E-state index contributed by atoms with van der Waals surface area (Å²) in [6.07, 6.45) is 3.90. The second-order valence-corrected chi connectivity index (χ2v) is 4.75. The number of rotatable bonds is 5. The maximum Gasteiger partial charge on any atom is 0.0579 e. The van der Waals surface area contributed by atoms with Crippen LogP contribution in [0.25, 0.3) is 12.2 Å². The second-order valence-electron chi connectivity index (χ2n) is 4.75. The smallest absolute Gasteiger partial charge is 0.0579 e. The van der Waals surface area contributed by atoms with E-state index in [1.54, 1.807) is 24.3 Å². The molecule has 22 heavy (non-hydrogen) atoms. The van der Waals surface area contributed by atoms with E-state index in [2.05, 4.69) is 10.6 Å². The first kappa shape index (κ1) is 15.5. The van der Waals surface area contributed by atoms with Crippen LogP contribution in [0.1, 0.15) is 11.1 Å². The first-order valence-corrected chi connectivity index (χ1v) is 6.96. The van der Waals surface area contributed by atoms with Gasteiger partial charge in [-0.2, -0.15) is 0 Å². The largest absolute Gasteiger partial charge is 0.872 e. The Bertz CT molecular complexity index is 610. The molecule has 0 aromatic heterocycles. The van der Waals surface area contributed by atoms with Crippen LogP contribution in [0.5, 0.6) is 11.5 Å². The van der Waals surface area contributed by atoms with E-state index < -0.39 is 0 Å². The Hall–Kier alpha value is -2.88. The molecule has 0 unspecified atom stereocenters. The molecule has 0 saturated heterocycles. The maximum absolute atomic E-state index is 11.2. The molecule has 2 rings (SSSR count). The SMILES string of the molecule is CNC(=Cc1ccc([O-])cc1)C(=Cc1ccc([O-])cc1)NC. The number of benzene rings is 2. The lowest BCUT2D eigenvalue weighted by atomic mass is 10.1. The molecule has 0 radical (unpaired) electrons. The average molecular weight is 294 g/mol. The Labute approximate surface area is 130 Å². The van der Waals surface area contributed by atoms with Crippen LogP contribution in [-0.4, -0.2) is 14.1 Å². The van der Waals surface area contributed by atoms with Gasteiger partial charge in [-0.15, -0.1) is 11.5 Å². The van der Waals surface area contributed by atoms with E-state index in [1.165, 1.54) is 24.3 Å². The van der Waals surface area contributed by atoms with Gasteiger partial charge in [0.1, 0.15) is 0 Å². The highest BCUT2D eigenvalue weighted by molar-refractivity contribution is 5.65. The molecule has 0 amide bonds. The first-order valence-electron chi connectivity index (χ1n) is 6.96. The normalized spacial score (nSPS) is 12.1. The van der Waals surface area contributed by atoms with Gasteiger partial charge in [0.25, 0.3) is 0 Å². The van der Waals surface area contributed by atoms with Gasteiger partial charge in [0, 0.05) is 14.1 Å². The Kier molecular flexibility index (Phi) is 5.09. The van der Waals surface area contributed by atoms with Crippen molar-refractivity contribution in [2.45, 2.75) is 0 Å². The zero-order valence-electron chi connectivity index (χ0n) is 12.6. The lowest BCUT2D eigenvalue weighted by Gasteiger charge is -2.13. The molecular weight excluding hydrogens is 276 g/mol. The molecule has 0 aliphatic heterocycles. The summed E-state index contributed by atoms with van der Waals surface area (Å²) in [5, 5.41) is 28.6. The Morgan fingerprint density at radius 1 is 0.682 bits per heavy atom. The third kappa shape index (κ3) is 4.06. The fourth-order valence-electron chi connectivity index (χ4n) is 2.03. The summed E-state index contributed by atoms with van der Waals surface area (Å²) in [7, 11) is 3.67. The molecule has 0 atom stereocenters. The molecule has 0 heterocycles. The fraction of sp³-hybridized carbons (Fsp3) is 0.111. The Morgan fingerprint density at radius 2 is 1.00 bits per heavy atom. The van der Waals surface area contributed by atoms with Crippen LogP contribution in [-0.2, 0) is 0 Å². The summed E-state index contributed by atoms with van der Waals surface area (Å²) in [6.45, 7) is 0. The van der Waals surface area contributed by atoms with Crippen molar-refractivity contribution >= 4 is 12.2 Å². The van der Waals surface area contributed by atoms with Crippen LogP contribution in [0.15, 0.2) is 59.9 Å². The molecule has 4 nitrogen and oxygen atoms in total. The van der Waals surface area contributed by atoms with Crippen LogP contribution in [0, 0.1) is 0 Å². The summed E-state index contributed by atoms with van der Waals surface area (Å²) >= 11 is 0. The van der Waals surface area contributed by atoms with Crippen molar-refractivity contribution in [2.75, 3.05) is 14.1 Å². The van der Waals surface area contributed by atoms with Gasteiger partial charge >= 0.3 is 0 Å². The van der Waals surface area contributed by atoms with E-state index in [9.17, 15) is 10.2 Å². The second kappa shape index (κ2) is 7.22. The van der Waals surface area contributed by atoms with E-state index in [4.69, 9.17) is 0 Å². The van der Waals surface area contributed by atoms with Crippen LogP contribution < -0.4 is 20.8 Å². The third-order valence-electron chi connectivity index (χ3n) is 3.21. The standard InChI is InChI=1S/C18H20N2O2/c1-19-17(11-13-3-7-15(21)8-4-13)18(20-2)12-14-5-9-16(22)10-6-14/h3-12,19-22H,1-2H3/p-2. The fourth-order valence-corrected chi connectivity index (χ4v) is 2.03. The van der Waals surface area contributed by atoms with Gasteiger partial charge in [-0.3, -0.25) is 0 Å². The van der Waals surface area contributed by atoms with Crippen molar-refractivity contribution in [2.24, 2.45) is 0 Å². The molecule has 2 aromatic rings. The predicted octanol–water partition coefficient (Wildman–Crippen LogP) is 1.65. The molecule has 0 bridgehead atoms. The van der Waals surface area contributed by atoms with Crippen molar-refractivity contribution in [3.8, 4) is 11.5 Å². The zero-order valence-corrected chi connectivity index (χ0v) is 12.6. The van der Waals surface area contributed by atoms with Crippen molar-refractivity contribution < 1.29 is 10.2 Å². The highest BCUT2D eigenvalue weighted by Crippen LogP contribution is 2.16. The van der Waals surface area contributed by atoms with Crippen LogP contribution >= 0.6 is 0 Å². The predicted molar refractivity (Wildman–Crippen MR) is 85.8 cm³/mol. The highest BCUT2D eigenvalue weighted by atomic mass is 16.3. The van der Waals surface area contributed by atoms with Gasteiger partial charge in [0.15, 0.2) is 0 Å². The van der Waals surface area contributed by atoms with E-state index in [0.29, 0.717) is 0 Å². The van der Waals surface area contributed by atoms with E-state index in [1.807, 2.05) is 26.2 Å². The Balaban J connectivity index is 2.33. The lowest BCUT2D eigenvalue weighted by Crippen LogP contribution is -2.17. The molecule has 2 aromatic carbocycles. The highest BCUT2D eigenvalue weighted by Gasteiger charge is 2.02. The van der Waals surface area contributed by atoms with Crippen molar-refractivity contribution in [1.29, 1.82) is 0 Å². The number of hydrogen-bond acceptors (Lipinski definition) is 4. The molecule has 0 aliphatic carbocycles. The van der Waals surface area contributed by atoms with Gasteiger partial charge < -0.3 is 20.8 Å². The molecule has 0 spiro atoms. The van der Waals surface area contributed by atoms with E-state index >= 15 is 0 Å². The molecule has 4 heteroatoms. The van der Waals surface area contributed by atoms with Crippen LogP contribution in [0.3, 0.4) is 0 Å². The van der Waals surface area contributed by atoms with Crippen LogP contribution in [0.2, 0.25) is 0 Å². The maximum atomic E-state index is 11.2. The van der Waals surface area contributed by atoms with E-state index in [-0.39, 0.29) is 11.5 Å². The van der Waals surface area contributed by atoms with Gasteiger partial charge in [0.05, 0.1) is 11.4 Å². The minimum atomic E-state index is -0.00903. The van der Waals surface area contributed by atoms with Crippen molar-refractivity contribution in [3.05, 3.63) is 71.1 Å². The monoisotopic (exact) mass is 294 g/mol. The summed E-state index contributed by atoms with van der Waals surface area (Å²) in [6, 6.07) is 13.3. The molecular formula is C18H18N2O2-2. The van der Waals surface area contributed by atoms with Crippen molar-refractivity contribution in [1.82, 2.24) is 10.6 Å². The molecule has 0 saturated carbocycles. The topological polar surface area (TPSA) is 70.2 Å². The molecule has 2 N–H and O–H groups in total. The molecule has 0 aliphatic rings. The molecule has 0 fully saturated rings. The zero-order chi connectivity index (χ0) is 15.9. The van der Waals surface area contributed by atoms with Crippen LogP contribution in [0.4, 0.5) is 0 Å². The first-order chi connectivity index (χ1) is 10.6. The number of nitrogens with one attached hydrogen (secondary N) is 2. The summed E-state index contributed by atoms with van der Waals surface area (Å²) in [5.41, 5.74) is 3.62. The van der Waals surface area contributed by atoms with Gasteiger partial charge in [-0.1, -0.05) is 48.5 Å². The number of likely N-dealkylation sites (N-methyl/N-ethyl adjacent to an activating group) is 2. The number of hydrogen-bond donors (Lipinski definition) is 2. The minimum absolute atomic E-state index is 0.00903. The summed E-state index contributed by atoms with van der Waals surface area (Å²) < 4.78 is 0. The molecule has 114 valence electrons. The van der Waals surface area contributed by atoms with E-state index in [0.717, 1.165) is 22.5 Å². The lowest BCUT2D eigenvalue weighted by molar-refractivity contribution is -0.269. The van der Waals surface area contributed by atoms with Crippen molar-refractivity contribution in [3.63, 3.8) is 0 Å². The minimum Gasteiger partial charge on any atom is -0.872 e. The Morgan fingerprint density at radius 3 is 1.27 bits per heavy atom. The van der Waals surface area contributed by atoms with Gasteiger partial charge in [-0.25, -0.2) is 0 Å². The third-order valence-corrected chi connectivity index (χ3v) is 3.21. The quantitative estimate of drug-likeness (QED) is 0.823.